The molecule has 1 saturated heterocycles. The quantitative estimate of drug-likeness (QED) is 0.827. The average molecular weight is 270 g/mol. The number of nitrogens with one attached hydrogen (secondary N) is 1. The molecule has 1 heterocycles. The Labute approximate surface area is 117 Å². The van der Waals surface area contributed by atoms with E-state index >= 15 is 0 Å². The van der Waals surface area contributed by atoms with E-state index in [1.165, 1.54) is 36.9 Å². The summed E-state index contributed by atoms with van der Waals surface area (Å²) in [5, 5.41) is 3.55. The third-order valence-electron chi connectivity index (χ3n) is 3.41. The highest BCUT2D eigenvalue weighted by atomic mass is 35.5. The van der Waals surface area contributed by atoms with Crippen LogP contribution in [0, 0.1) is 6.92 Å². The first kappa shape index (κ1) is 15.5. The second-order valence-electron chi connectivity index (χ2n) is 4.97. The Morgan fingerprint density at radius 3 is 2.67 bits per heavy atom. The van der Waals surface area contributed by atoms with Gasteiger partial charge in [0, 0.05) is 12.6 Å². The van der Waals surface area contributed by atoms with Gasteiger partial charge in [-0.25, -0.2) is 0 Å². The van der Waals surface area contributed by atoms with Gasteiger partial charge in [0.25, 0.3) is 0 Å². The molecule has 3 heteroatoms. The number of piperidine rings is 1. The van der Waals surface area contributed by atoms with Gasteiger partial charge < -0.3 is 10.1 Å². The minimum absolute atomic E-state index is 0. The molecule has 0 spiro atoms. The maximum atomic E-state index is 5.72. The molecular weight excluding hydrogens is 246 g/mol. The molecule has 1 aromatic rings. The fourth-order valence-corrected chi connectivity index (χ4v) is 2.27. The first-order valence-electron chi connectivity index (χ1n) is 6.71. The van der Waals surface area contributed by atoms with Gasteiger partial charge in [-0.1, -0.05) is 36.2 Å². The molecule has 2 rings (SSSR count). The van der Waals surface area contributed by atoms with Crippen LogP contribution in [0.15, 0.2) is 24.3 Å². The third kappa shape index (κ3) is 5.38. The van der Waals surface area contributed by atoms with E-state index in [0.29, 0.717) is 6.04 Å². The molecule has 0 saturated carbocycles. The lowest BCUT2D eigenvalue weighted by atomic mass is 10.0. The van der Waals surface area contributed by atoms with E-state index in [-0.39, 0.29) is 12.4 Å². The van der Waals surface area contributed by atoms with Gasteiger partial charge in [0.15, 0.2) is 0 Å². The summed E-state index contributed by atoms with van der Waals surface area (Å²) in [7, 11) is 0. The van der Waals surface area contributed by atoms with Gasteiger partial charge in [-0.3, -0.25) is 0 Å². The van der Waals surface area contributed by atoms with Crippen LogP contribution in [-0.4, -0.2) is 19.2 Å². The van der Waals surface area contributed by atoms with Gasteiger partial charge in [-0.15, -0.1) is 12.4 Å². The van der Waals surface area contributed by atoms with Crippen LogP contribution >= 0.6 is 12.4 Å². The van der Waals surface area contributed by atoms with Gasteiger partial charge in [0.1, 0.15) is 0 Å². The fraction of sp³-hybridized carbons (Fsp3) is 0.600. The minimum Gasteiger partial charge on any atom is -0.377 e. The molecule has 1 aliphatic heterocycles. The zero-order valence-electron chi connectivity index (χ0n) is 11.2. The van der Waals surface area contributed by atoms with Gasteiger partial charge >= 0.3 is 0 Å². The number of rotatable bonds is 5. The Morgan fingerprint density at radius 1 is 1.22 bits per heavy atom. The Morgan fingerprint density at radius 2 is 2.00 bits per heavy atom. The number of ether oxygens (including phenoxy) is 1. The normalized spacial score (nSPS) is 19.3. The van der Waals surface area contributed by atoms with Gasteiger partial charge in [-0.2, -0.15) is 0 Å². The van der Waals surface area contributed by atoms with Crippen molar-refractivity contribution in [3.63, 3.8) is 0 Å². The molecule has 1 aliphatic rings. The van der Waals surface area contributed by atoms with Crippen molar-refractivity contribution >= 4 is 12.4 Å². The summed E-state index contributed by atoms with van der Waals surface area (Å²) in [6, 6.07) is 9.26. The van der Waals surface area contributed by atoms with Crippen LogP contribution in [-0.2, 0) is 11.3 Å². The summed E-state index contributed by atoms with van der Waals surface area (Å²) < 4.78 is 5.72. The van der Waals surface area contributed by atoms with Crippen molar-refractivity contribution in [2.45, 2.75) is 45.3 Å². The Balaban J connectivity index is 0.00000162. The van der Waals surface area contributed by atoms with E-state index in [4.69, 9.17) is 4.74 Å². The third-order valence-corrected chi connectivity index (χ3v) is 3.41. The summed E-state index contributed by atoms with van der Waals surface area (Å²) in [6.07, 6.45) is 5.16. The Bertz CT molecular complexity index is 320. The van der Waals surface area contributed by atoms with Crippen LogP contribution in [0.25, 0.3) is 0 Å². The first-order chi connectivity index (χ1) is 8.34. The molecule has 102 valence electrons. The molecule has 2 nitrogen and oxygen atoms in total. The number of halogens is 1. The van der Waals surface area contributed by atoms with E-state index < -0.39 is 0 Å². The highest BCUT2D eigenvalue weighted by molar-refractivity contribution is 5.85. The molecule has 0 radical (unpaired) electrons. The summed E-state index contributed by atoms with van der Waals surface area (Å²) in [5.41, 5.74) is 2.58. The molecule has 0 amide bonds. The van der Waals surface area contributed by atoms with E-state index in [0.717, 1.165) is 19.6 Å². The predicted octanol–water partition coefficient (Wildman–Crippen LogP) is 3.47. The second-order valence-corrected chi connectivity index (χ2v) is 4.97. The van der Waals surface area contributed by atoms with Gasteiger partial charge in [-0.05, 0) is 38.3 Å². The Kier molecular flexibility index (Phi) is 7.33. The van der Waals surface area contributed by atoms with Crippen molar-refractivity contribution < 1.29 is 4.74 Å². The fourth-order valence-electron chi connectivity index (χ4n) is 2.27. The van der Waals surface area contributed by atoms with Crippen molar-refractivity contribution in [1.82, 2.24) is 5.32 Å². The number of aryl methyl sites for hydroxylation is 1. The molecule has 1 N–H and O–H groups in total. The summed E-state index contributed by atoms with van der Waals surface area (Å²) in [5.74, 6) is 0. The van der Waals surface area contributed by atoms with Crippen molar-refractivity contribution in [2.75, 3.05) is 13.2 Å². The molecule has 1 unspecified atom stereocenters. The molecule has 1 atom stereocenters. The van der Waals surface area contributed by atoms with Gasteiger partial charge in [0.2, 0.25) is 0 Å². The topological polar surface area (TPSA) is 21.3 Å². The molecule has 18 heavy (non-hydrogen) atoms. The zero-order chi connectivity index (χ0) is 11.9. The van der Waals surface area contributed by atoms with Crippen LogP contribution in [0.2, 0.25) is 0 Å². The van der Waals surface area contributed by atoms with E-state index in [9.17, 15) is 0 Å². The molecule has 1 fully saturated rings. The van der Waals surface area contributed by atoms with E-state index in [1.807, 2.05) is 0 Å². The van der Waals surface area contributed by atoms with Crippen molar-refractivity contribution in [1.29, 1.82) is 0 Å². The van der Waals surface area contributed by atoms with Crippen LogP contribution in [0.1, 0.15) is 36.8 Å². The standard InChI is InChI=1S/C15H23NO.ClH/c1-13-5-7-14(8-6-13)12-17-11-9-15-4-2-3-10-16-15;/h5-8,15-16H,2-4,9-12H2,1H3;1H. The van der Waals surface area contributed by atoms with Crippen LogP contribution in [0.5, 0.6) is 0 Å². The summed E-state index contributed by atoms with van der Waals surface area (Å²) in [4.78, 5) is 0. The Hall–Kier alpha value is -0.570. The van der Waals surface area contributed by atoms with E-state index in [2.05, 4.69) is 36.5 Å². The molecule has 1 aromatic carbocycles. The SMILES string of the molecule is Cc1ccc(COCCC2CCCCN2)cc1.Cl. The van der Waals surface area contributed by atoms with Crippen LogP contribution in [0.3, 0.4) is 0 Å². The summed E-state index contributed by atoms with van der Waals surface area (Å²) in [6.45, 7) is 4.90. The average Bonchev–Trinajstić information content (AvgIpc) is 2.38. The monoisotopic (exact) mass is 269 g/mol. The molecule has 0 aromatic heterocycles. The molecular formula is C15H24ClNO. The highest BCUT2D eigenvalue weighted by Gasteiger charge is 2.11. The largest absolute Gasteiger partial charge is 0.377 e. The maximum absolute atomic E-state index is 5.72. The van der Waals surface area contributed by atoms with Crippen LogP contribution < -0.4 is 5.32 Å². The van der Waals surface area contributed by atoms with Crippen molar-refractivity contribution in [3.8, 4) is 0 Å². The first-order valence-corrected chi connectivity index (χ1v) is 6.71. The van der Waals surface area contributed by atoms with E-state index in [1.54, 1.807) is 0 Å². The van der Waals surface area contributed by atoms with Crippen LogP contribution in [0.4, 0.5) is 0 Å². The number of hydrogen-bond donors (Lipinski definition) is 1. The van der Waals surface area contributed by atoms with Crippen molar-refractivity contribution in [2.24, 2.45) is 0 Å². The molecule has 0 aliphatic carbocycles. The smallest absolute Gasteiger partial charge is 0.0716 e. The number of hydrogen-bond acceptors (Lipinski definition) is 2. The predicted molar refractivity (Wildman–Crippen MR) is 78.3 cm³/mol. The van der Waals surface area contributed by atoms with Crippen molar-refractivity contribution in [3.05, 3.63) is 35.4 Å². The lowest BCUT2D eigenvalue weighted by Crippen LogP contribution is -2.34. The highest BCUT2D eigenvalue weighted by Crippen LogP contribution is 2.10. The lowest BCUT2D eigenvalue weighted by molar-refractivity contribution is 0.108. The zero-order valence-corrected chi connectivity index (χ0v) is 12.0. The lowest BCUT2D eigenvalue weighted by Gasteiger charge is -2.23. The maximum Gasteiger partial charge on any atom is 0.0716 e. The summed E-state index contributed by atoms with van der Waals surface area (Å²) >= 11 is 0. The van der Waals surface area contributed by atoms with Gasteiger partial charge in [0.05, 0.1) is 6.61 Å². The minimum atomic E-state index is 0. The molecule has 0 bridgehead atoms. The second kappa shape index (κ2) is 8.52. The number of benzene rings is 1.